The van der Waals surface area contributed by atoms with Gasteiger partial charge in [0.05, 0.1) is 13.2 Å². The van der Waals surface area contributed by atoms with E-state index in [4.69, 9.17) is 4.74 Å². The summed E-state index contributed by atoms with van der Waals surface area (Å²) in [5, 5.41) is 0. The highest BCUT2D eigenvalue weighted by atomic mass is 16.5. The van der Waals surface area contributed by atoms with E-state index in [1.54, 1.807) is 4.90 Å². The first-order valence-electron chi connectivity index (χ1n) is 5.73. The van der Waals surface area contributed by atoms with Crippen molar-refractivity contribution in [3.63, 3.8) is 0 Å². The molecule has 4 heteroatoms. The summed E-state index contributed by atoms with van der Waals surface area (Å²) in [5.74, 6) is 0.519. The van der Waals surface area contributed by atoms with E-state index in [2.05, 4.69) is 6.08 Å². The number of amides is 1. The number of nitrogens with zero attached hydrogens (tertiary/aromatic N) is 1. The first-order chi connectivity index (χ1) is 7.67. The topological polar surface area (TPSA) is 46.6 Å². The van der Waals surface area contributed by atoms with Crippen molar-refractivity contribution in [3.8, 4) is 0 Å². The minimum atomic E-state index is -0.326. The summed E-state index contributed by atoms with van der Waals surface area (Å²) in [7, 11) is 1.38. The Bertz CT molecular complexity index is 311. The van der Waals surface area contributed by atoms with E-state index in [9.17, 15) is 9.59 Å². The number of rotatable bonds is 2. The fraction of sp³-hybridized carbons (Fsp3) is 0.667. The van der Waals surface area contributed by atoms with Gasteiger partial charge in [-0.15, -0.1) is 0 Å². The van der Waals surface area contributed by atoms with Gasteiger partial charge in [-0.25, -0.2) is 4.79 Å². The maximum absolute atomic E-state index is 11.8. The van der Waals surface area contributed by atoms with Crippen LogP contribution < -0.4 is 0 Å². The van der Waals surface area contributed by atoms with E-state index in [-0.39, 0.29) is 23.8 Å². The highest BCUT2D eigenvalue weighted by molar-refractivity contribution is 5.83. The molecule has 3 aliphatic rings. The van der Waals surface area contributed by atoms with E-state index in [0.717, 1.165) is 6.42 Å². The number of carbonyl (C=O) groups excluding carboxylic acids is 2. The molecule has 1 amide bonds. The number of carbonyl (C=O) groups is 2. The van der Waals surface area contributed by atoms with Crippen molar-refractivity contribution in [2.24, 2.45) is 11.8 Å². The predicted molar refractivity (Wildman–Crippen MR) is 58.9 cm³/mol. The molecule has 88 valence electrons. The average Bonchev–Trinajstić information content (AvgIpc) is 2.37. The summed E-state index contributed by atoms with van der Waals surface area (Å²) in [6.07, 6.45) is 5.18. The summed E-state index contributed by atoms with van der Waals surface area (Å²) < 4.78 is 4.75. The smallest absolute Gasteiger partial charge is 0.410 e. The Balaban J connectivity index is 2.19. The SMILES string of the molecule is CCC(=O)C1CC2C=C[C@@H]1N(C(=O)OC)C2. The second-order valence-electron chi connectivity index (χ2n) is 4.42. The van der Waals surface area contributed by atoms with Crippen molar-refractivity contribution >= 4 is 11.9 Å². The largest absolute Gasteiger partial charge is 0.453 e. The van der Waals surface area contributed by atoms with Crippen LogP contribution in [0.4, 0.5) is 4.79 Å². The maximum Gasteiger partial charge on any atom is 0.410 e. The summed E-state index contributed by atoms with van der Waals surface area (Å²) in [6.45, 7) is 2.55. The lowest BCUT2D eigenvalue weighted by Crippen LogP contribution is -2.54. The van der Waals surface area contributed by atoms with E-state index in [1.165, 1.54) is 7.11 Å². The molecule has 1 fully saturated rings. The zero-order valence-electron chi connectivity index (χ0n) is 9.68. The van der Waals surface area contributed by atoms with Gasteiger partial charge in [0.25, 0.3) is 0 Å². The molecule has 1 aliphatic carbocycles. The van der Waals surface area contributed by atoms with Crippen LogP contribution >= 0.6 is 0 Å². The molecule has 0 N–H and O–H groups in total. The van der Waals surface area contributed by atoms with Crippen molar-refractivity contribution < 1.29 is 14.3 Å². The molecule has 0 radical (unpaired) electrons. The number of piperidine rings is 1. The average molecular weight is 223 g/mol. The lowest BCUT2D eigenvalue weighted by molar-refractivity contribution is -0.126. The van der Waals surface area contributed by atoms with E-state index >= 15 is 0 Å². The number of Topliss-reactive ketones (excluding diaryl/α,β-unsaturated/α-hetero) is 1. The van der Waals surface area contributed by atoms with Crippen molar-refractivity contribution in [2.75, 3.05) is 13.7 Å². The number of methoxy groups -OCH3 is 1. The van der Waals surface area contributed by atoms with Gasteiger partial charge in [0.2, 0.25) is 0 Å². The molecule has 3 atom stereocenters. The molecule has 0 aromatic heterocycles. The fourth-order valence-electron chi connectivity index (χ4n) is 2.68. The molecule has 4 nitrogen and oxygen atoms in total. The van der Waals surface area contributed by atoms with Crippen LogP contribution in [0.2, 0.25) is 0 Å². The Morgan fingerprint density at radius 2 is 2.19 bits per heavy atom. The molecular formula is C12H17NO3. The Hall–Kier alpha value is -1.32. The monoisotopic (exact) mass is 223 g/mol. The van der Waals surface area contributed by atoms with Gasteiger partial charge >= 0.3 is 6.09 Å². The van der Waals surface area contributed by atoms with Gasteiger partial charge in [-0.05, 0) is 12.3 Å². The van der Waals surface area contributed by atoms with Crippen LogP contribution in [-0.2, 0) is 9.53 Å². The van der Waals surface area contributed by atoms with Gasteiger partial charge in [0, 0.05) is 18.9 Å². The van der Waals surface area contributed by atoms with Gasteiger partial charge < -0.3 is 9.64 Å². The van der Waals surface area contributed by atoms with Crippen LogP contribution in [0.5, 0.6) is 0 Å². The normalized spacial score (nSPS) is 31.6. The molecule has 2 bridgehead atoms. The first kappa shape index (κ1) is 11.2. The number of ketones is 1. The molecule has 1 saturated heterocycles. The molecular weight excluding hydrogens is 206 g/mol. The minimum Gasteiger partial charge on any atom is -0.453 e. The Labute approximate surface area is 95.2 Å². The van der Waals surface area contributed by atoms with Crippen LogP contribution in [-0.4, -0.2) is 36.5 Å². The van der Waals surface area contributed by atoms with Gasteiger partial charge in [-0.1, -0.05) is 19.1 Å². The zero-order valence-corrected chi connectivity index (χ0v) is 9.68. The Morgan fingerprint density at radius 3 is 2.75 bits per heavy atom. The molecule has 0 spiro atoms. The lowest BCUT2D eigenvalue weighted by Gasteiger charge is -2.44. The summed E-state index contributed by atoms with van der Waals surface area (Å²) >= 11 is 0. The van der Waals surface area contributed by atoms with Crippen LogP contribution in [0.25, 0.3) is 0 Å². The van der Waals surface area contributed by atoms with Crippen molar-refractivity contribution in [1.29, 1.82) is 0 Å². The van der Waals surface area contributed by atoms with E-state index in [1.807, 2.05) is 13.0 Å². The quantitative estimate of drug-likeness (QED) is 0.668. The van der Waals surface area contributed by atoms with Crippen molar-refractivity contribution in [3.05, 3.63) is 12.2 Å². The molecule has 16 heavy (non-hydrogen) atoms. The lowest BCUT2D eigenvalue weighted by atomic mass is 9.75. The van der Waals surface area contributed by atoms with Crippen LogP contribution in [0.1, 0.15) is 19.8 Å². The third-order valence-electron chi connectivity index (χ3n) is 3.51. The third-order valence-corrected chi connectivity index (χ3v) is 3.51. The molecule has 2 heterocycles. The minimum absolute atomic E-state index is 0.0344. The first-order valence-corrected chi connectivity index (χ1v) is 5.73. The van der Waals surface area contributed by atoms with Crippen LogP contribution in [0.3, 0.4) is 0 Å². The highest BCUT2D eigenvalue weighted by Crippen LogP contribution is 2.35. The summed E-state index contributed by atoms with van der Waals surface area (Å²) in [4.78, 5) is 25.0. The Kier molecular flexibility index (Phi) is 2.99. The summed E-state index contributed by atoms with van der Waals surface area (Å²) in [5.41, 5.74) is 0. The zero-order chi connectivity index (χ0) is 11.7. The molecule has 0 aromatic rings. The molecule has 2 unspecified atom stereocenters. The predicted octanol–water partition coefficient (Wildman–Crippen LogP) is 1.61. The van der Waals surface area contributed by atoms with Gasteiger partial charge in [0.15, 0.2) is 0 Å². The van der Waals surface area contributed by atoms with Crippen LogP contribution in [0.15, 0.2) is 12.2 Å². The number of hydrogen-bond donors (Lipinski definition) is 0. The van der Waals surface area contributed by atoms with Crippen molar-refractivity contribution in [1.82, 2.24) is 4.90 Å². The number of ether oxygens (including phenoxy) is 1. The van der Waals surface area contributed by atoms with Crippen LogP contribution in [0, 0.1) is 11.8 Å². The van der Waals surface area contributed by atoms with Crippen molar-refractivity contribution in [2.45, 2.75) is 25.8 Å². The Morgan fingerprint density at radius 1 is 1.44 bits per heavy atom. The highest BCUT2D eigenvalue weighted by Gasteiger charge is 2.42. The third kappa shape index (κ3) is 1.72. The van der Waals surface area contributed by atoms with Gasteiger partial charge in [-0.2, -0.15) is 0 Å². The standard InChI is InChI=1S/C12H17NO3/c1-3-11(14)9-6-8-4-5-10(9)13(7-8)12(15)16-2/h4-5,8-10H,3,6-7H2,1-2H3/t8?,9?,10-/m0/s1. The molecule has 3 rings (SSSR count). The second kappa shape index (κ2) is 4.28. The fourth-order valence-corrected chi connectivity index (χ4v) is 2.68. The molecule has 2 aliphatic heterocycles. The number of fused-ring (bicyclic) bond motifs is 2. The van der Waals surface area contributed by atoms with E-state index < -0.39 is 0 Å². The molecule has 0 aromatic carbocycles. The number of hydrogen-bond acceptors (Lipinski definition) is 3. The molecule has 0 saturated carbocycles. The van der Waals surface area contributed by atoms with Gasteiger partial charge in [0.1, 0.15) is 5.78 Å². The second-order valence-corrected chi connectivity index (χ2v) is 4.42. The maximum atomic E-state index is 11.8. The summed E-state index contributed by atoms with van der Waals surface area (Å²) in [6, 6.07) is -0.0927. The van der Waals surface area contributed by atoms with Gasteiger partial charge in [-0.3, -0.25) is 4.79 Å². The van der Waals surface area contributed by atoms with E-state index in [0.29, 0.717) is 18.9 Å².